The van der Waals surface area contributed by atoms with E-state index in [0.717, 1.165) is 11.4 Å². The van der Waals surface area contributed by atoms with E-state index in [4.69, 9.17) is 0 Å². The minimum Gasteiger partial charge on any atom is -0.476 e. The standard InChI is InChI=1S/C15H15N3O3/c1-10(19)17-8-7-13-12(9-17)14(15(20)21)16-18(13)11-5-3-2-4-6-11/h2-6H,7-9H2,1H3,(H,20,21). The van der Waals surface area contributed by atoms with Gasteiger partial charge in [-0.2, -0.15) is 5.10 Å². The van der Waals surface area contributed by atoms with E-state index >= 15 is 0 Å². The van der Waals surface area contributed by atoms with Gasteiger partial charge in [0.2, 0.25) is 5.91 Å². The van der Waals surface area contributed by atoms with Crippen molar-refractivity contribution in [3.05, 3.63) is 47.3 Å². The first-order valence-corrected chi connectivity index (χ1v) is 6.73. The number of carboxylic acid groups (broad SMARTS) is 1. The number of hydrogen-bond acceptors (Lipinski definition) is 3. The lowest BCUT2D eigenvalue weighted by molar-refractivity contribution is -0.129. The van der Waals surface area contributed by atoms with Crippen LogP contribution in [0.3, 0.4) is 0 Å². The van der Waals surface area contributed by atoms with Gasteiger partial charge < -0.3 is 10.0 Å². The largest absolute Gasteiger partial charge is 0.476 e. The Bertz CT molecular complexity index is 706. The monoisotopic (exact) mass is 285 g/mol. The molecule has 6 heteroatoms. The van der Waals surface area contributed by atoms with E-state index in [1.165, 1.54) is 6.92 Å². The van der Waals surface area contributed by atoms with Gasteiger partial charge in [-0.25, -0.2) is 9.48 Å². The molecule has 1 aliphatic heterocycles. The van der Waals surface area contributed by atoms with Gasteiger partial charge in [0.1, 0.15) is 0 Å². The molecule has 0 atom stereocenters. The van der Waals surface area contributed by atoms with Gasteiger partial charge >= 0.3 is 5.97 Å². The molecular weight excluding hydrogens is 270 g/mol. The highest BCUT2D eigenvalue weighted by atomic mass is 16.4. The zero-order chi connectivity index (χ0) is 15.0. The van der Waals surface area contributed by atoms with Crippen LogP contribution in [0.5, 0.6) is 0 Å². The summed E-state index contributed by atoms with van der Waals surface area (Å²) in [6.45, 7) is 2.38. The Morgan fingerprint density at radius 3 is 2.57 bits per heavy atom. The average molecular weight is 285 g/mol. The van der Waals surface area contributed by atoms with Crippen molar-refractivity contribution in [2.75, 3.05) is 6.54 Å². The molecule has 1 aliphatic rings. The molecule has 0 saturated carbocycles. The summed E-state index contributed by atoms with van der Waals surface area (Å²) < 4.78 is 1.68. The fraction of sp³-hybridized carbons (Fsp3) is 0.267. The lowest BCUT2D eigenvalue weighted by Gasteiger charge is -2.26. The molecule has 6 nitrogen and oxygen atoms in total. The number of amides is 1. The second kappa shape index (κ2) is 5.05. The Balaban J connectivity index is 2.12. The summed E-state index contributed by atoms with van der Waals surface area (Å²) in [5.41, 5.74) is 2.36. The highest BCUT2D eigenvalue weighted by Gasteiger charge is 2.29. The number of fused-ring (bicyclic) bond motifs is 1. The van der Waals surface area contributed by atoms with Gasteiger partial charge in [0.05, 0.1) is 11.4 Å². The molecule has 0 aliphatic carbocycles. The maximum atomic E-state index is 11.5. The summed E-state index contributed by atoms with van der Waals surface area (Å²) in [6, 6.07) is 9.44. The number of carbonyl (C=O) groups excluding carboxylic acids is 1. The SMILES string of the molecule is CC(=O)N1CCc2c(c(C(=O)O)nn2-c2ccccc2)C1. The molecule has 2 heterocycles. The van der Waals surface area contributed by atoms with Crippen molar-refractivity contribution in [1.82, 2.24) is 14.7 Å². The fourth-order valence-corrected chi connectivity index (χ4v) is 2.64. The maximum absolute atomic E-state index is 11.5. The first-order chi connectivity index (χ1) is 10.1. The van der Waals surface area contributed by atoms with E-state index in [0.29, 0.717) is 25.1 Å². The van der Waals surface area contributed by atoms with Crippen LogP contribution in [0.25, 0.3) is 5.69 Å². The van der Waals surface area contributed by atoms with Crippen molar-refractivity contribution in [2.24, 2.45) is 0 Å². The molecule has 0 saturated heterocycles. The van der Waals surface area contributed by atoms with Crippen molar-refractivity contribution in [1.29, 1.82) is 0 Å². The molecule has 108 valence electrons. The zero-order valence-corrected chi connectivity index (χ0v) is 11.6. The number of carboxylic acids is 1. The van der Waals surface area contributed by atoms with E-state index in [-0.39, 0.29) is 11.6 Å². The molecule has 0 bridgehead atoms. The average Bonchev–Trinajstić information content (AvgIpc) is 2.87. The normalized spacial score (nSPS) is 13.9. The van der Waals surface area contributed by atoms with Crippen molar-refractivity contribution in [3.8, 4) is 5.69 Å². The molecular formula is C15H15N3O3. The highest BCUT2D eigenvalue weighted by molar-refractivity contribution is 5.88. The lowest BCUT2D eigenvalue weighted by Crippen LogP contribution is -2.35. The van der Waals surface area contributed by atoms with E-state index in [9.17, 15) is 14.7 Å². The Kier molecular flexibility index (Phi) is 3.21. The summed E-state index contributed by atoms with van der Waals surface area (Å²) in [7, 11) is 0. The molecule has 0 unspecified atom stereocenters. The van der Waals surface area contributed by atoms with E-state index in [1.54, 1.807) is 9.58 Å². The van der Waals surface area contributed by atoms with Crippen molar-refractivity contribution >= 4 is 11.9 Å². The van der Waals surface area contributed by atoms with Crippen LogP contribution in [-0.4, -0.2) is 38.2 Å². The van der Waals surface area contributed by atoms with Gasteiger partial charge in [-0.05, 0) is 12.1 Å². The third-order valence-corrected chi connectivity index (χ3v) is 3.71. The van der Waals surface area contributed by atoms with E-state index < -0.39 is 5.97 Å². The third-order valence-electron chi connectivity index (χ3n) is 3.71. The predicted octanol–water partition coefficient (Wildman–Crippen LogP) is 1.48. The Hall–Kier alpha value is -2.63. The summed E-state index contributed by atoms with van der Waals surface area (Å²) in [5, 5.41) is 13.6. The Labute approximate surface area is 121 Å². The number of hydrogen-bond donors (Lipinski definition) is 1. The molecule has 1 amide bonds. The summed E-state index contributed by atoms with van der Waals surface area (Å²) in [4.78, 5) is 24.6. The molecule has 1 aromatic heterocycles. The number of rotatable bonds is 2. The number of carbonyl (C=O) groups is 2. The smallest absolute Gasteiger partial charge is 0.356 e. The zero-order valence-electron chi connectivity index (χ0n) is 11.6. The minimum absolute atomic E-state index is 0.0276. The van der Waals surface area contributed by atoms with Crippen LogP contribution in [0.15, 0.2) is 30.3 Å². The first-order valence-electron chi connectivity index (χ1n) is 6.73. The maximum Gasteiger partial charge on any atom is 0.356 e. The van der Waals surface area contributed by atoms with Crippen LogP contribution in [0.1, 0.15) is 28.7 Å². The number of aromatic nitrogens is 2. The topological polar surface area (TPSA) is 75.4 Å². The van der Waals surface area contributed by atoms with Crippen molar-refractivity contribution < 1.29 is 14.7 Å². The number of benzene rings is 1. The molecule has 2 aromatic rings. The van der Waals surface area contributed by atoms with Crippen LogP contribution in [-0.2, 0) is 17.8 Å². The van der Waals surface area contributed by atoms with Gasteiger partial charge in [-0.3, -0.25) is 4.79 Å². The van der Waals surface area contributed by atoms with Crippen LogP contribution in [0.4, 0.5) is 0 Å². The second-order valence-corrected chi connectivity index (χ2v) is 5.02. The van der Waals surface area contributed by atoms with Crippen molar-refractivity contribution in [3.63, 3.8) is 0 Å². The van der Waals surface area contributed by atoms with Crippen LogP contribution < -0.4 is 0 Å². The molecule has 0 radical (unpaired) electrons. The summed E-state index contributed by atoms with van der Waals surface area (Å²) in [5.74, 6) is -1.12. The van der Waals surface area contributed by atoms with Crippen LogP contribution >= 0.6 is 0 Å². The molecule has 0 fully saturated rings. The van der Waals surface area contributed by atoms with Crippen molar-refractivity contribution in [2.45, 2.75) is 19.9 Å². The molecule has 1 N–H and O–H groups in total. The van der Waals surface area contributed by atoms with Gasteiger partial charge in [-0.15, -0.1) is 0 Å². The van der Waals surface area contributed by atoms with Crippen LogP contribution in [0, 0.1) is 0 Å². The van der Waals surface area contributed by atoms with Gasteiger partial charge in [0, 0.05) is 32.0 Å². The molecule has 1 aromatic carbocycles. The third kappa shape index (κ3) is 2.29. The van der Waals surface area contributed by atoms with E-state index in [2.05, 4.69) is 5.10 Å². The number of para-hydroxylation sites is 1. The second-order valence-electron chi connectivity index (χ2n) is 5.02. The number of aromatic carboxylic acids is 1. The molecule has 3 rings (SSSR count). The molecule has 0 spiro atoms. The van der Waals surface area contributed by atoms with Crippen LogP contribution in [0.2, 0.25) is 0 Å². The highest BCUT2D eigenvalue weighted by Crippen LogP contribution is 2.25. The quantitative estimate of drug-likeness (QED) is 0.906. The minimum atomic E-state index is -1.06. The fourth-order valence-electron chi connectivity index (χ4n) is 2.64. The summed E-state index contributed by atoms with van der Waals surface area (Å²) in [6.07, 6.45) is 0.601. The lowest BCUT2D eigenvalue weighted by atomic mass is 10.0. The predicted molar refractivity (Wildman–Crippen MR) is 75.3 cm³/mol. The first kappa shape index (κ1) is 13.4. The molecule has 21 heavy (non-hydrogen) atoms. The van der Waals surface area contributed by atoms with Gasteiger partial charge in [0.15, 0.2) is 5.69 Å². The summed E-state index contributed by atoms with van der Waals surface area (Å²) >= 11 is 0. The Morgan fingerprint density at radius 1 is 1.24 bits per heavy atom. The van der Waals surface area contributed by atoms with E-state index in [1.807, 2.05) is 30.3 Å². The Morgan fingerprint density at radius 2 is 1.95 bits per heavy atom. The van der Waals surface area contributed by atoms with Gasteiger partial charge in [0.25, 0.3) is 0 Å². The number of nitrogens with zero attached hydrogens (tertiary/aromatic N) is 3. The van der Waals surface area contributed by atoms with Gasteiger partial charge in [-0.1, -0.05) is 18.2 Å².